The lowest BCUT2D eigenvalue weighted by molar-refractivity contribution is -0.176. The van der Waals surface area contributed by atoms with Gasteiger partial charge in [0, 0.05) is 32.2 Å². The van der Waals surface area contributed by atoms with Crippen LogP contribution in [0, 0.1) is 5.41 Å². The molecule has 118 valence electrons. The van der Waals surface area contributed by atoms with Gasteiger partial charge in [-0.05, 0) is 26.7 Å². The Morgan fingerprint density at radius 2 is 2.05 bits per heavy atom. The molecule has 1 saturated carbocycles. The Balaban J connectivity index is 2.56. The van der Waals surface area contributed by atoms with E-state index in [1.165, 1.54) is 0 Å². The van der Waals surface area contributed by atoms with E-state index >= 15 is 0 Å². The molecule has 0 aromatic carbocycles. The second-order valence-corrected chi connectivity index (χ2v) is 6.83. The smallest absolute Gasteiger partial charge is 0.191 e. The maximum Gasteiger partial charge on any atom is 0.191 e. The zero-order valence-corrected chi connectivity index (χ0v) is 14.0. The van der Waals surface area contributed by atoms with Gasteiger partial charge in [0.2, 0.25) is 0 Å². The molecule has 3 N–H and O–H groups in total. The van der Waals surface area contributed by atoms with Gasteiger partial charge in [-0.3, -0.25) is 4.99 Å². The molecule has 0 bridgehead atoms. The fourth-order valence-electron chi connectivity index (χ4n) is 2.48. The first-order valence-electron chi connectivity index (χ1n) is 7.36. The van der Waals surface area contributed by atoms with Crippen molar-refractivity contribution in [2.75, 3.05) is 20.7 Å². The van der Waals surface area contributed by atoms with Crippen LogP contribution in [0.3, 0.4) is 0 Å². The quantitative estimate of drug-likeness (QED) is 0.529. The van der Waals surface area contributed by atoms with Crippen LogP contribution in [0.2, 0.25) is 0 Å². The standard InChI is InChI=1S/C15H31N3O2/c1-8-14(4,19)10-17-12(16-6)18-11-9-15(5,20-7)13(11,2)3/h11,19H,8-10H2,1-7H3,(H2,16,17,18). The van der Waals surface area contributed by atoms with Crippen molar-refractivity contribution < 1.29 is 9.84 Å². The van der Waals surface area contributed by atoms with Gasteiger partial charge in [-0.15, -0.1) is 0 Å². The number of ether oxygens (including phenoxy) is 1. The van der Waals surface area contributed by atoms with Crippen LogP contribution < -0.4 is 10.6 Å². The minimum absolute atomic E-state index is 0.0344. The molecule has 3 unspecified atom stereocenters. The number of hydrogen-bond donors (Lipinski definition) is 3. The number of hydrogen-bond acceptors (Lipinski definition) is 3. The molecule has 5 heteroatoms. The SMILES string of the molecule is CCC(C)(O)CNC(=NC)NC1CC(C)(OC)C1(C)C. The largest absolute Gasteiger partial charge is 0.388 e. The normalized spacial score (nSPS) is 32.2. The van der Waals surface area contributed by atoms with E-state index in [9.17, 15) is 5.11 Å². The summed E-state index contributed by atoms with van der Waals surface area (Å²) in [5.74, 6) is 0.731. The van der Waals surface area contributed by atoms with Crippen molar-refractivity contribution >= 4 is 5.96 Å². The lowest BCUT2D eigenvalue weighted by Gasteiger charge is -2.59. The minimum atomic E-state index is -0.714. The summed E-state index contributed by atoms with van der Waals surface area (Å²) in [5.41, 5.74) is -0.779. The van der Waals surface area contributed by atoms with Crippen LogP contribution in [0.15, 0.2) is 4.99 Å². The van der Waals surface area contributed by atoms with Gasteiger partial charge in [0.1, 0.15) is 0 Å². The summed E-state index contributed by atoms with van der Waals surface area (Å²) in [7, 11) is 3.51. The number of rotatable bonds is 5. The maximum absolute atomic E-state index is 10.0. The van der Waals surface area contributed by atoms with E-state index in [4.69, 9.17) is 4.74 Å². The van der Waals surface area contributed by atoms with Crippen molar-refractivity contribution in [1.29, 1.82) is 0 Å². The van der Waals surface area contributed by atoms with Crippen molar-refractivity contribution in [3.63, 3.8) is 0 Å². The molecule has 0 saturated heterocycles. The first-order chi connectivity index (χ1) is 9.12. The molecule has 0 heterocycles. The third-order valence-electron chi connectivity index (χ3n) is 5.21. The van der Waals surface area contributed by atoms with Crippen molar-refractivity contribution in [2.24, 2.45) is 10.4 Å². The molecule has 1 aliphatic carbocycles. The summed E-state index contributed by atoms with van der Waals surface area (Å²) in [6.07, 6.45) is 1.65. The molecule has 0 aliphatic heterocycles. The van der Waals surface area contributed by atoms with Crippen LogP contribution in [-0.2, 0) is 4.74 Å². The molecular weight excluding hydrogens is 254 g/mol. The van der Waals surface area contributed by atoms with Crippen LogP contribution in [0.5, 0.6) is 0 Å². The van der Waals surface area contributed by atoms with E-state index in [1.54, 1.807) is 14.2 Å². The molecule has 0 radical (unpaired) electrons. The summed E-state index contributed by atoms with van der Waals surface area (Å²) < 4.78 is 5.63. The molecule has 0 aromatic rings. The summed E-state index contributed by atoms with van der Waals surface area (Å²) in [6.45, 7) is 10.8. The van der Waals surface area contributed by atoms with Gasteiger partial charge in [0.15, 0.2) is 5.96 Å². The number of nitrogens with one attached hydrogen (secondary N) is 2. The van der Waals surface area contributed by atoms with E-state index < -0.39 is 5.60 Å². The van der Waals surface area contributed by atoms with Crippen LogP contribution in [0.1, 0.15) is 47.5 Å². The minimum Gasteiger partial charge on any atom is -0.388 e. The lowest BCUT2D eigenvalue weighted by Crippen LogP contribution is -2.69. The number of nitrogens with zero attached hydrogens (tertiary/aromatic N) is 1. The molecule has 3 atom stereocenters. The Bertz CT molecular complexity index is 366. The number of methoxy groups -OCH3 is 1. The molecular formula is C15H31N3O2. The predicted octanol–water partition coefficient (Wildman–Crippen LogP) is 1.52. The van der Waals surface area contributed by atoms with Gasteiger partial charge in [0.25, 0.3) is 0 Å². The lowest BCUT2D eigenvalue weighted by atomic mass is 9.56. The zero-order valence-electron chi connectivity index (χ0n) is 14.0. The van der Waals surface area contributed by atoms with Crippen molar-refractivity contribution in [1.82, 2.24) is 10.6 Å². The topological polar surface area (TPSA) is 65.9 Å². The Kier molecular flexibility index (Phi) is 5.08. The number of aliphatic hydroxyl groups is 1. The van der Waals surface area contributed by atoms with E-state index in [0.717, 1.165) is 12.4 Å². The average Bonchev–Trinajstić information content (AvgIpc) is 2.41. The maximum atomic E-state index is 10.0. The molecule has 5 nitrogen and oxygen atoms in total. The van der Waals surface area contributed by atoms with Crippen molar-refractivity contribution in [3.05, 3.63) is 0 Å². The fourth-order valence-corrected chi connectivity index (χ4v) is 2.48. The Hall–Kier alpha value is -0.810. The van der Waals surface area contributed by atoms with Gasteiger partial charge in [-0.1, -0.05) is 20.8 Å². The summed E-state index contributed by atoms with van der Waals surface area (Å²) in [6, 6.07) is 0.310. The molecule has 20 heavy (non-hydrogen) atoms. The molecule has 1 aliphatic rings. The van der Waals surface area contributed by atoms with E-state index in [2.05, 4.69) is 36.4 Å². The first kappa shape index (κ1) is 17.2. The molecule has 1 rings (SSSR count). The highest BCUT2D eigenvalue weighted by atomic mass is 16.5. The molecule has 0 aromatic heterocycles. The van der Waals surface area contributed by atoms with E-state index in [-0.39, 0.29) is 11.0 Å². The van der Waals surface area contributed by atoms with Crippen molar-refractivity contribution in [2.45, 2.75) is 64.7 Å². The molecule has 0 amide bonds. The van der Waals surface area contributed by atoms with Gasteiger partial charge in [-0.25, -0.2) is 0 Å². The fraction of sp³-hybridized carbons (Fsp3) is 0.933. The van der Waals surface area contributed by atoms with Gasteiger partial charge >= 0.3 is 0 Å². The van der Waals surface area contributed by atoms with Crippen LogP contribution >= 0.6 is 0 Å². The number of aliphatic imine (C=N–C) groups is 1. The Morgan fingerprint density at radius 3 is 2.45 bits per heavy atom. The predicted molar refractivity (Wildman–Crippen MR) is 83.0 cm³/mol. The third kappa shape index (κ3) is 3.26. The summed E-state index contributed by atoms with van der Waals surface area (Å²) in [5, 5.41) is 16.6. The zero-order chi connectivity index (χ0) is 15.6. The first-order valence-corrected chi connectivity index (χ1v) is 7.36. The van der Waals surface area contributed by atoms with Gasteiger partial charge in [-0.2, -0.15) is 0 Å². The van der Waals surface area contributed by atoms with Crippen molar-refractivity contribution in [3.8, 4) is 0 Å². The highest BCUT2D eigenvalue weighted by Crippen LogP contribution is 2.51. The van der Waals surface area contributed by atoms with Crippen LogP contribution in [0.4, 0.5) is 0 Å². The summed E-state index contributed by atoms with van der Waals surface area (Å²) in [4.78, 5) is 4.23. The summed E-state index contributed by atoms with van der Waals surface area (Å²) >= 11 is 0. The van der Waals surface area contributed by atoms with Crippen LogP contribution in [0.25, 0.3) is 0 Å². The second-order valence-electron chi connectivity index (χ2n) is 6.83. The van der Waals surface area contributed by atoms with Crippen LogP contribution in [-0.4, -0.2) is 49.0 Å². The second kappa shape index (κ2) is 5.90. The number of guanidine groups is 1. The average molecular weight is 285 g/mol. The highest BCUT2D eigenvalue weighted by molar-refractivity contribution is 5.80. The molecule has 0 spiro atoms. The van der Waals surface area contributed by atoms with Gasteiger partial charge in [0.05, 0.1) is 11.2 Å². The highest BCUT2D eigenvalue weighted by Gasteiger charge is 2.58. The van der Waals surface area contributed by atoms with Gasteiger partial charge < -0.3 is 20.5 Å². The molecule has 1 fully saturated rings. The monoisotopic (exact) mass is 285 g/mol. The Labute approximate surface area is 123 Å². The van der Waals surface area contributed by atoms with E-state index in [1.807, 2.05) is 13.8 Å². The van der Waals surface area contributed by atoms with E-state index in [0.29, 0.717) is 19.0 Å². The Morgan fingerprint density at radius 1 is 1.45 bits per heavy atom. The third-order valence-corrected chi connectivity index (χ3v) is 5.21.